The Kier molecular flexibility index (Phi) is 8.24. The van der Waals surface area contributed by atoms with Crippen molar-refractivity contribution in [3.63, 3.8) is 0 Å². The number of rotatable bonds is 6. The monoisotopic (exact) mass is 476 g/mol. The number of likely N-dealkylation sites (N-methyl/N-ethyl adjacent to an activating group) is 1. The highest BCUT2D eigenvalue weighted by molar-refractivity contribution is 6.17. The maximum Gasteiger partial charge on any atom is 0.333 e. The summed E-state index contributed by atoms with van der Waals surface area (Å²) in [7, 11) is 2.06. The Morgan fingerprint density at radius 3 is 1.76 bits per heavy atom. The molecule has 0 bridgehead atoms. The standard InChI is InChI=1S/C25H40N4O5/c1-18(24(32)34-17-27-15-13-26(2)14-16-27)21-22(30)28(19-9-5-3-6-10-19)25(33)29(23(21)31)20-11-7-4-8-12-20/h18-21H,3-17H2,1-2H3. The Balaban J connectivity index is 1.51. The van der Waals surface area contributed by atoms with Crippen LogP contribution in [0, 0.1) is 11.8 Å². The number of esters is 1. The Morgan fingerprint density at radius 2 is 1.29 bits per heavy atom. The summed E-state index contributed by atoms with van der Waals surface area (Å²) in [4.78, 5) is 60.7. The summed E-state index contributed by atoms with van der Waals surface area (Å²) >= 11 is 0. The first-order chi connectivity index (χ1) is 16.4. The van der Waals surface area contributed by atoms with Crippen molar-refractivity contribution in [1.82, 2.24) is 19.6 Å². The molecular formula is C25H40N4O5. The van der Waals surface area contributed by atoms with Crippen LogP contribution in [-0.2, 0) is 19.1 Å². The minimum atomic E-state index is -1.19. The first kappa shape index (κ1) is 25.1. The fraction of sp³-hybridized carbons (Fsp3) is 0.840. The van der Waals surface area contributed by atoms with E-state index in [0.717, 1.165) is 90.4 Å². The van der Waals surface area contributed by atoms with Crippen molar-refractivity contribution < 1.29 is 23.9 Å². The molecular weight excluding hydrogens is 436 g/mol. The third kappa shape index (κ3) is 5.30. The highest BCUT2D eigenvalue weighted by atomic mass is 16.5. The number of ether oxygens (including phenoxy) is 1. The van der Waals surface area contributed by atoms with Crippen LogP contribution in [-0.4, -0.2) is 95.5 Å². The van der Waals surface area contributed by atoms with Crippen LogP contribution in [0.4, 0.5) is 4.79 Å². The van der Waals surface area contributed by atoms with E-state index in [2.05, 4.69) is 16.8 Å². The molecule has 2 saturated carbocycles. The van der Waals surface area contributed by atoms with E-state index < -0.39 is 35.7 Å². The van der Waals surface area contributed by atoms with E-state index >= 15 is 0 Å². The summed E-state index contributed by atoms with van der Waals surface area (Å²) in [6.45, 7) is 5.17. The molecule has 0 aromatic heterocycles. The molecule has 2 saturated heterocycles. The zero-order valence-corrected chi connectivity index (χ0v) is 20.7. The lowest BCUT2D eigenvalue weighted by Crippen LogP contribution is -2.66. The van der Waals surface area contributed by atoms with Crippen LogP contribution in [0.15, 0.2) is 0 Å². The number of carbonyl (C=O) groups is 4. The largest absolute Gasteiger partial charge is 0.449 e. The topological polar surface area (TPSA) is 90.5 Å². The van der Waals surface area contributed by atoms with Gasteiger partial charge in [0.15, 0.2) is 0 Å². The molecule has 0 aromatic rings. The van der Waals surface area contributed by atoms with Crippen LogP contribution in [0.3, 0.4) is 0 Å². The fourth-order valence-electron chi connectivity index (χ4n) is 5.89. The van der Waals surface area contributed by atoms with Crippen molar-refractivity contribution in [2.45, 2.75) is 83.2 Å². The summed E-state index contributed by atoms with van der Waals surface area (Å²) in [6.07, 6.45) is 9.10. The fourth-order valence-corrected chi connectivity index (χ4v) is 5.89. The van der Waals surface area contributed by atoms with Gasteiger partial charge in [0.05, 0.1) is 5.92 Å². The van der Waals surface area contributed by atoms with Gasteiger partial charge in [0, 0.05) is 38.3 Å². The molecule has 34 heavy (non-hydrogen) atoms. The van der Waals surface area contributed by atoms with Gasteiger partial charge in [0.1, 0.15) is 12.6 Å². The molecule has 4 fully saturated rings. The molecule has 0 N–H and O–H groups in total. The molecule has 0 spiro atoms. The van der Waals surface area contributed by atoms with Gasteiger partial charge in [-0.2, -0.15) is 0 Å². The van der Waals surface area contributed by atoms with Crippen molar-refractivity contribution in [1.29, 1.82) is 0 Å². The predicted octanol–water partition coefficient (Wildman–Crippen LogP) is 2.44. The minimum absolute atomic E-state index is 0.156. The van der Waals surface area contributed by atoms with Crippen LogP contribution in [0.1, 0.15) is 71.1 Å². The zero-order chi connectivity index (χ0) is 24.2. The van der Waals surface area contributed by atoms with Gasteiger partial charge in [-0.3, -0.25) is 29.1 Å². The van der Waals surface area contributed by atoms with Crippen LogP contribution in [0.5, 0.6) is 0 Å². The number of hydrogen-bond donors (Lipinski definition) is 0. The highest BCUT2D eigenvalue weighted by Crippen LogP contribution is 2.35. The molecule has 190 valence electrons. The number of amides is 4. The molecule has 4 rings (SSSR count). The maximum absolute atomic E-state index is 13.6. The van der Waals surface area contributed by atoms with Crippen LogP contribution >= 0.6 is 0 Å². The van der Waals surface area contributed by atoms with Gasteiger partial charge in [0.25, 0.3) is 0 Å². The van der Waals surface area contributed by atoms with Gasteiger partial charge in [-0.05, 0) is 32.7 Å². The normalized spacial score (nSPS) is 26.2. The van der Waals surface area contributed by atoms with Crippen LogP contribution in [0.2, 0.25) is 0 Å². The molecule has 1 atom stereocenters. The molecule has 0 radical (unpaired) electrons. The SMILES string of the molecule is CC(C(=O)OCN1CCN(C)CC1)C1C(=O)N(C2CCCCC2)C(=O)N(C2CCCCC2)C1=O. The van der Waals surface area contributed by atoms with Gasteiger partial charge >= 0.3 is 12.0 Å². The number of piperazine rings is 1. The molecule has 2 aliphatic heterocycles. The number of nitrogens with zero attached hydrogens (tertiary/aromatic N) is 4. The summed E-state index contributed by atoms with van der Waals surface area (Å²) in [5.41, 5.74) is 0. The summed E-state index contributed by atoms with van der Waals surface area (Å²) in [5.74, 6) is -3.71. The lowest BCUT2D eigenvalue weighted by molar-refractivity contribution is -0.167. The minimum Gasteiger partial charge on any atom is -0.449 e. The number of imide groups is 2. The second-order valence-corrected chi connectivity index (χ2v) is 10.6. The van der Waals surface area contributed by atoms with E-state index in [4.69, 9.17) is 4.74 Å². The average molecular weight is 477 g/mol. The molecule has 0 aromatic carbocycles. The highest BCUT2D eigenvalue weighted by Gasteiger charge is 2.53. The van der Waals surface area contributed by atoms with Crippen molar-refractivity contribution in [3.05, 3.63) is 0 Å². The number of urea groups is 1. The Hall–Kier alpha value is -2.00. The summed E-state index contributed by atoms with van der Waals surface area (Å²) < 4.78 is 5.56. The van der Waals surface area contributed by atoms with Gasteiger partial charge in [-0.25, -0.2) is 4.79 Å². The third-order valence-corrected chi connectivity index (χ3v) is 8.16. The van der Waals surface area contributed by atoms with Gasteiger partial charge in [0.2, 0.25) is 11.8 Å². The first-order valence-electron chi connectivity index (χ1n) is 13.2. The Bertz CT molecular complexity index is 729. The zero-order valence-electron chi connectivity index (χ0n) is 20.7. The molecule has 9 nitrogen and oxygen atoms in total. The van der Waals surface area contributed by atoms with E-state index in [0.29, 0.717) is 0 Å². The van der Waals surface area contributed by atoms with Crippen LogP contribution < -0.4 is 0 Å². The molecule has 1 unspecified atom stereocenters. The number of barbiturate groups is 1. The van der Waals surface area contributed by atoms with E-state index in [9.17, 15) is 19.2 Å². The quantitative estimate of drug-likeness (QED) is 0.430. The molecule has 4 aliphatic rings. The van der Waals surface area contributed by atoms with Crippen molar-refractivity contribution in [2.75, 3.05) is 40.0 Å². The summed E-state index contributed by atoms with van der Waals surface area (Å²) in [6, 6.07) is -0.851. The van der Waals surface area contributed by atoms with E-state index in [1.165, 1.54) is 9.80 Å². The average Bonchev–Trinajstić information content (AvgIpc) is 2.84. The number of carbonyl (C=O) groups excluding carboxylic acids is 4. The van der Waals surface area contributed by atoms with Gasteiger partial charge in [-0.15, -0.1) is 0 Å². The van der Waals surface area contributed by atoms with Crippen molar-refractivity contribution >= 4 is 23.8 Å². The van der Waals surface area contributed by atoms with E-state index in [1.807, 2.05) is 0 Å². The second kappa shape index (κ2) is 11.2. The molecule has 2 aliphatic carbocycles. The predicted molar refractivity (Wildman–Crippen MR) is 126 cm³/mol. The third-order valence-electron chi connectivity index (χ3n) is 8.16. The number of hydrogen-bond acceptors (Lipinski definition) is 7. The van der Waals surface area contributed by atoms with E-state index in [-0.39, 0.29) is 18.8 Å². The Morgan fingerprint density at radius 1 is 0.824 bits per heavy atom. The Labute approximate surface area is 202 Å². The summed E-state index contributed by atoms with van der Waals surface area (Å²) in [5, 5.41) is 0. The van der Waals surface area contributed by atoms with Gasteiger partial charge < -0.3 is 9.64 Å². The molecule has 2 heterocycles. The van der Waals surface area contributed by atoms with Crippen LogP contribution in [0.25, 0.3) is 0 Å². The molecule has 9 heteroatoms. The molecule has 4 amide bonds. The lowest BCUT2D eigenvalue weighted by atomic mass is 9.85. The first-order valence-corrected chi connectivity index (χ1v) is 13.2. The van der Waals surface area contributed by atoms with Crippen molar-refractivity contribution in [2.24, 2.45) is 11.8 Å². The lowest BCUT2D eigenvalue weighted by Gasteiger charge is -2.46. The van der Waals surface area contributed by atoms with E-state index in [1.54, 1.807) is 6.92 Å². The maximum atomic E-state index is 13.6. The van der Waals surface area contributed by atoms with Crippen molar-refractivity contribution in [3.8, 4) is 0 Å². The smallest absolute Gasteiger partial charge is 0.333 e. The van der Waals surface area contributed by atoms with Gasteiger partial charge in [-0.1, -0.05) is 45.4 Å². The second-order valence-electron chi connectivity index (χ2n) is 10.6.